The minimum Gasteiger partial charge on any atom is -0.456 e. The van der Waals surface area contributed by atoms with E-state index in [1.165, 1.54) is 11.3 Å². The fraction of sp³-hybridized carbons (Fsp3) is 0.182. The standard InChI is InChI=1S/C22H20N8O2S/c1-13-3-2-4-16(26-13)20-24-7-5-17(28-20)27-18-6-8-25-22(29-18)30-19-9-14(12-33-19)21(31)32-15-10-23-11-15/h2-9,12,15,23H,10-11H2,1H3,(H2,24,25,27,28,29,30). The molecule has 11 heteroatoms. The number of aromatic nitrogens is 5. The first-order valence-corrected chi connectivity index (χ1v) is 11.1. The first-order valence-electron chi connectivity index (χ1n) is 10.3. The smallest absolute Gasteiger partial charge is 0.339 e. The molecule has 0 aromatic carbocycles. The molecule has 0 saturated carbocycles. The van der Waals surface area contributed by atoms with Crippen LogP contribution < -0.4 is 16.0 Å². The van der Waals surface area contributed by atoms with E-state index in [1.54, 1.807) is 36.0 Å². The number of esters is 1. The Kier molecular flexibility index (Phi) is 5.87. The number of nitrogens with zero attached hydrogens (tertiary/aromatic N) is 5. The van der Waals surface area contributed by atoms with E-state index < -0.39 is 0 Å². The monoisotopic (exact) mass is 460 g/mol. The van der Waals surface area contributed by atoms with Gasteiger partial charge in [0.2, 0.25) is 5.95 Å². The molecule has 1 saturated heterocycles. The topological polar surface area (TPSA) is 127 Å². The number of pyridine rings is 1. The van der Waals surface area contributed by atoms with Gasteiger partial charge in [0.15, 0.2) is 5.82 Å². The Morgan fingerprint density at radius 3 is 2.67 bits per heavy atom. The van der Waals surface area contributed by atoms with Gasteiger partial charge in [0.25, 0.3) is 0 Å². The third kappa shape index (κ3) is 5.10. The molecule has 0 atom stereocenters. The molecule has 3 N–H and O–H groups in total. The van der Waals surface area contributed by atoms with Crippen molar-refractivity contribution in [2.75, 3.05) is 23.7 Å². The van der Waals surface area contributed by atoms with E-state index in [0.29, 0.717) is 47.8 Å². The Hall–Kier alpha value is -3.96. The second-order valence-corrected chi connectivity index (χ2v) is 8.24. The lowest BCUT2D eigenvalue weighted by molar-refractivity contribution is 0.0170. The van der Waals surface area contributed by atoms with E-state index in [4.69, 9.17) is 4.74 Å². The first kappa shape index (κ1) is 20.9. The van der Waals surface area contributed by atoms with Gasteiger partial charge in [-0.1, -0.05) is 6.07 Å². The molecule has 5 rings (SSSR count). The van der Waals surface area contributed by atoms with Crippen molar-refractivity contribution in [1.29, 1.82) is 0 Å². The van der Waals surface area contributed by atoms with Crippen LogP contribution in [0.1, 0.15) is 16.1 Å². The number of nitrogens with one attached hydrogen (secondary N) is 3. The fourth-order valence-corrected chi connectivity index (χ4v) is 3.79. The summed E-state index contributed by atoms with van der Waals surface area (Å²) < 4.78 is 5.39. The molecule has 0 aliphatic carbocycles. The number of ether oxygens (including phenoxy) is 1. The summed E-state index contributed by atoms with van der Waals surface area (Å²) in [7, 11) is 0. The predicted octanol–water partition coefficient (Wildman–Crippen LogP) is 3.31. The number of rotatable bonds is 7. The van der Waals surface area contributed by atoms with E-state index in [0.717, 1.165) is 10.7 Å². The minimum absolute atomic E-state index is 0.0519. The predicted molar refractivity (Wildman–Crippen MR) is 125 cm³/mol. The van der Waals surface area contributed by atoms with E-state index in [9.17, 15) is 4.79 Å². The molecule has 5 heterocycles. The van der Waals surface area contributed by atoms with E-state index in [-0.39, 0.29) is 12.1 Å². The highest BCUT2D eigenvalue weighted by Crippen LogP contribution is 2.25. The Bertz CT molecular complexity index is 1290. The molecule has 166 valence electrons. The number of carbonyl (C=O) groups is 1. The molecular formula is C22H20N8O2S. The number of thiophene rings is 1. The molecular weight excluding hydrogens is 440 g/mol. The van der Waals surface area contributed by atoms with Crippen LogP contribution in [0.4, 0.5) is 22.6 Å². The highest BCUT2D eigenvalue weighted by Gasteiger charge is 2.22. The third-order valence-corrected chi connectivity index (χ3v) is 5.62. The Morgan fingerprint density at radius 2 is 1.88 bits per heavy atom. The van der Waals surface area contributed by atoms with Crippen LogP contribution in [0.2, 0.25) is 0 Å². The zero-order valence-electron chi connectivity index (χ0n) is 17.6. The number of hydrogen-bond acceptors (Lipinski definition) is 11. The molecule has 1 aliphatic heterocycles. The maximum absolute atomic E-state index is 12.2. The van der Waals surface area contributed by atoms with Gasteiger partial charge in [0.05, 0.1) is 10.6 Å². The van der Waals surface area contributed by atoms with Gasteiger partial charge in [0.1, 0.15) is 23.4 Å². The molecule has 0 bridgehead atoms. The molecule has 0 amide bonds. The molecule has 4 aromatic heterocycles. The molecule has 33 heavy (non-hydrogen) atoms. The van der Waals surface area contributed by atoms with Gasteiger partial charge >= 0.3 is 5.97 Å². The Balaban J connectivity index is 1.26. The molecule has 0 spiro atoms. The van der Waals surface area contributed by atoms with E-state index in [1.807, 2.05) is 25.1 Å². The van der Waals surface area contributed by atoms with Crippen LogP contribution >= 0.6 is 11.3 Å². The lowest BCUT2D eigenvalue weighted by Crippen LogP contribution is -2.49. The van der Waals surface area contributed by atoms with Crippen molar-refractivity contribution in [3.05, 3.63) is 65.4 Å². The maximum Gasteiger partial charge on any atom is 0.339 e. The van der Waals surface area contributed by atoms with Crippen molar-refractivity contribution in [2.24, 2.45) is 0 Å². The van der Waals surface area contributed by atoms with Crippen LogP contribution in [0.25, 0.3) is 11.5 Å². The van der Waals surface area contributed by atoms with E-state index in [2.05, 4.69) is 40.9 Å². The van der Waals surface area contributed by atoms with Crippen LogP contribution in [0.15, 0.2) is 54.2 Å². The van der Waals surface area contributed by atoms with Gasteiger partial charge in [-0.05, 0) is 37.3 Å². The minimum atomic E-state index is -0.329. The second-order valence-electron chi connectivity index (χ2n) is 7.33. The first-order chi connectivity index (χ1) is 16.1. The number of carbonyl (C=O) groups excluding carboxylic acids is 1. The SMILES string of the molecule is Cc1cccc(-c2nccc(Nc3ccnc(Nc4cc(C(=O)OC5CNC5)cs4)n3)n2)n1. The molecule has 1 fully saturated rings. The van der Waals surface area contributed by atoms with Crippen molar-refractivity contribution in [3.8, 4) is 11.5 Å². The number of aryl methyl sites for hydroxylation is 1. The van der Waals surface area contributed by atoms with Crippen molar-refractivity contribution in [1.82, 2.24) is 30.2 Å². The van der Waals surface area contributed by atoms with Gasteiger partial charge in [-0.15, -0.1) is 11.3 Å². The summed E-state index contributed by atoms with van der Waals surface area (Å²) >= 11 is 1.38. The summed E-state index contributed by atoms with van der Waals surface area (Å²) in [6, 6.07) is 10.9. The van der Waals surface area contributed by atoms with Crippen LogP contribution in [0, 0.1) is 6.92 Å². The van der Waals surface area contributed by atoms with Gasteiger partial charge in [0, 0.05) is 36.6 Å². The number of hydrogen-bond donors (Lipinski definition) is 3. The van der Waals surface area contributed by atoms with Crippen LogP contribution in [-0.2, 0) is 4.74 Å². The van der Waals surface area contributed by atoms with E-state index >= 15 is 0 Å². The van der Waals surface area contributed by atoms with Crippen molar-refractivity contribution in [3.63, 3.8) is 0 Å². The molecule has 10 nitrogen and oxygen atoms in total. The van der Waals surface area contributed by atoms with Crippen molar-refractivity contribution < 1.29 is 9.53 Å². The fourth-order valence-electron chi connectivity index (χ4n) is 3.02. The van der Waals surface area contributed by atoms with Crippen molar-refractivity contribution >= 4 is 39.9 Å². The third-order valence-electron chi connectivity index (χ3n) is 4.77. The Morgan fingerprint density at radius 1 is 1.06 bits per heavy atom. The zero-order valence-corrected chi connectivity index (χ0v) is 18.5. The van der Waals surface area contributed by atoms with Gasteiger partial charge in [-0.25, -0.2) is 24.7 Å². The average Bonchev–Trinajstić information content (AvgIpc) is 3.25. The maximum atomic E-state index is 12.2. The van der Waals surface area contributed by atoms with Crippen LogP contribution in [0.5, 0.6) is 0 Å². The normalized spacial score (nSPS) is 13.2. The summed E-state index contributed by atoms with van der Waals surface area (Å²) in [6.07, 6.45) is 3.25. The van der Waals surface area contributed by atoms with Crippen LogP contribution in [0.3, 0.4) is 0 Å². The largest absolute Gasteiger partial charge is 0.456 e. The highest BCUT2D eigenvalue weighted by atomic mass is 32.1. The summed E-state index contributed by atoms with van der Waals surface area (Å²) in [6.45, 7) is 3.32. The lowest BCUT2D eigenvalue weighted by Gasteiger charge is -2.26. The Labute approximate surface area is 193 Å². The number of anilines is 4. The highest BCUT2D eigenvalue weighted by molar-refractivity contribution is 7.14. The van der Waals surface area contributed by atoms with Gasteiger partial charge in [-0.3, -0.25) is 0 Å². The van der Waals surface area contributed by atoms with Crippen LogP contribution in [-0.4, -0.2) is 50.1 Å². The summed E-state index contributed by atoms with van der Waals surface area (Å²) in [5.74, 6) is 1.72. The summed E-state index contributed by atoms with van der Waals surface area (Å²) in [5.41, 5.74) is 2.09. The van der Waals surface area contributed by atoms with Gasteiger partial charge < -0.3 is 20.7 Å². The average molecular weight is 461 g/mol. The zero-order chi connectivity index (χ0) is 22.6. The quantitative estimate of drug-likeness (QED) is 0.353. The molecule has 1 aliphatic rings. The molecule has 0 unspecified atom stereocenters. The molecule has 4 aromatic rings. The molecule has 0 radical (unpaired) electrons. The lowest BCUT2D eigenvalue weighted by atomic mass is 10.2. The second kappa shape index (κ2) is 9.27. The van der Waals surface area contributed by atoms with Crippen molar-refractivity contribution in [2.45, 2.75) is 13.0 Å². The summed E-state index contributed by atoms with van der Waals surface area (Å²) in [5, 5.41) is 11.8. The summed E-state index contributed by atoms with van der Waals surface area (Å²) in [4.78, 5) is 34.2. The van der Waals surface area contributed by atoms with Gasteiger partial charge in [-0.2, -0.15) is 4.98 Å².